The van der Waals surface area contributed by atoms with Crippen LogP contribution in [0.1, 0.15) is 42.3 Å². The monoisotopic (exact) mass is 305 g/mol. The number of rotatable bonds is 5. The molecular weight excluding hydrogens is 286 g/mol. The highest BCUT2D eigenvalue weighted by atomic mass is 32.1. The van der Waals surface area contributed by atoms with Crippen molar-refractivity contribution in [1.82, 2.24) is 4.98 Å². The number of carbonyl (C=O) groups excluding carboxylic acids is 1. The SMILES string of the molecule is CC(C)Oc1ccc(NC(=O)c2csc(C(C)N)n2)cc1. The van der Waals surface area contributed by atoms with Crippen LogP contribution in [0, 0.1) is 0 Å². The van der Waals surface area contributed by atoms with Crippen molar-refractivity contribution >= 4 is 22.9 Å². The van der Waals surface area contributed by atoms with Crippen molar-refractivity contribution in [3.05, 3.63) is 40.3 Å². The molecule has 6 heteroatoms. The number of nitrogens with two attached hydrogens (primary N) is 1. The molecule has 0 saturated carbocycles. The molecule has 1 unspecified atom stereocenters. The molecule has 21 heavy (non-hydrogen) atoms. The molecule has 5 nitrogen and oxygen atoms in total. The fourth-order valence-corrected chi connectivity index (χ4v) is 2.44. The lowest BCUT2D eigenvalue weighted by atomic mass is 10.3. The molecule has 1 heterocycles. The van der Waals surface area contributed by atoms with Gasteiger partial charge in [-0.05, 0) is 45.0 Å². The molecule has 1 aromatic carbocycles. The van der Waals surface area contributed by atoms with Crippen molar-refractivity contribution < 1.29 is 9.53 Å². The number of benzene rings is 1. The number of aromatic nitrogens is 1. The minimum atomic E-state index is -0.240. The largest absolute Gasteiger partial charge is 0.491 e. The standard InChI is InChI=1S/C15H19N3O2S/c1-9(2)20-12-6-4-11(5-7-12)17-14(19)13-8-21-15(18-13)10(3)16/h4-10H,16H2,1-3H3,(H,17,19). The summed E-state index contributed by atoms with van der Waals surface area (Å²) in [6, 6.07) is 7.08. The van der Waals surface area contributed by atoms with E-state index in [2.05, 4.69) is 10.3 Å². The van der Waals surface area contributed by atoms with E-state index in [1.54, 1.807) is 17.5 Å². The number of amides is 1. The van der Waals surface area contributed by atoms with E-state index in [9.17, 15) is 4.79 Å². The van der Waals surface area contributed by atoms with Gasteiger partial charge in [0.15, 0.2) is 0 Å². The summed E-state index contributed by atoms with van der Waals surface area (Å²) in [5.74, 6) is 0.534. The Morgan fingerprint density at radius 1 is 1.29 bits per heavy atom. The molecule has 1 aromatic heterocycles. The second-order valence-corrected chi connectivity index (χ2v) is 5.89. The number of nitrogens with zero attached hydrogens (tertiary/aromatic N) is 1. The third kappa shape index (κ3) is 4.27. The Hall–Kier alpha value is -1.92. The Bertz CT molecular complexity index is 606. The lowest BCUT2D eigenvalue weighted by Gasteiger charge is -2.10. The summed E-state index contributed by atoms with van der Waals surface area (Å²) in [7, 11) is 0. The average Bonchev–Trinajstić information content (AvgIpc) is 2.90. The molecule has 0 radical (unpaired) electrons. The molecule has 1 amide bonds. The van der Waals surface area contributed by atoms with Gasteiger partial charge in [-0.15, -0.1) is 11.3 Å². The molecule has 0 aliphatic carbocycles. The number of anilines is 1. The fraction of sp³-hybridized carbons (Fsp3) is 0.333. The van der Waals surface area contributed by atoms with Gasteiger partial charge in [0.05, 0.1) is 12.1 Å². The van der Waals surface area contributed by atoms with Gasteiger partial charge >= 0.3 is 0 Å². The molecule has 0 aliphatic heterocycles. The first-order chi connectivity index (χ1) is 9.95. The molecule has 0 spiro atoms. The zero-order chi connectivity index (χ0) is 15.4. The van der Waals surface area contributed by atoms with Crippen LogP contribution in [-0.4, -0.2) is 17.0 Å². The van der Waals surface area contributed by atoms with E-state index in [0.29, 0.717) is 11.4 Å². The van der Waals surface area contributed by atoms with Crippen LogP contribution in [-0.2, 0) is 0 Å². The van der Waals surface area contributed by atoms with E-state index >= 15 is 0 Å². The number of carbonyl (C=O) groups is 1. The highest BCUT2D eigenvalue weighted by Crippen LogP contribution is 2.19. The maximum Gasteiger partial charge on any atom is 0.275 e. The Labute approximate surface area is 128 Å². The molecule has 0 aliphatic rings. The smallest absolute Gasteiger partial charge is 0.275 e. The molecule has 2 aromatic rings. The summed E-state index contributed by atoms with van der Waals surface area (Å²) in [6.45, 7) is 5.77. The highest BCUT2D eigenvalue weighted by molar-refractivity contribution is 7.09. The molecule has 0 saturated heterocycles. The van der Waals surface area contributed by atoms with E-state index in [4.69, 9.17) is 10.5 Å². The molecular formula is C15H19N3O2S. The van der Waals surface area contributed by atoms with Crippen LogP contribution in [0.4, 0.5) is 5.69 Å². The molecule has 2 rings (SSSR count). The van der Waals surface area contributed by atoms with Gasteiger partial charge in [0.2, 0.25) is 0 Å². The zero-order valence-corrected chi connectivity index (χ0v) is 13.1. The lowest BCUT2D eigenvalue weighted by molar-refractivity contribution is 0.102. The predicted molar refractivity (Wildman–Crippen MR) is 84.9 cm³/mol. The summed E-state index contributed by atoms with van der Waals surface area (Å²) >= 11 is 1.39. The Morgan fingerprint density at radius 3 is 2.48 bits per heavy atom. The maximum atomic E-state index is 12.1. The highest BCUT2D eigenvalue weighted by Gasteiger charge is 2.13. The molecule has 1 atom stereocenters. The van der Waals surface area contributed by atoms with E-state index in [0.717, 1.165) is 10.8 Å². The molecule has 112 valence electrons. The van der Waals surface area contributed by atoms with E-state index in [-0.39, 0.29) is 18.1 Å². The van der Waals surface area contributed by atoms with Gasteiger partial charge in [-0.1, -0.05) is 0 Å². The summed E-state index contributed by atoms with van der Waals surface area (Å²) in [6.07, 6.45) is 0.122. The Balaban J connectivity index is 2.01. The van der Waals surface area contributed by atoms with Gasteiger partial charge in [-0.25, -0.2) is 4.98 Å². The number of nitrogens with one attached hydrogen (secondary N) is 1. The second kappa shape index (κ2) is 6.69. The van der Waals surface area contributed by atoms with E-state index in [1.165, 1.54) is 11.3 Å². The first kappa shape index (κ1) is 15.5. The lowest BCUT2D eigenvalue weighted by Crippen LogP contribution is -2.13. The van der Waals surface area contributed by atoms with Crippen LogP contribution in [0.5, 0.6) is 5.75 Å². The third-order valence-electron chi connectivity index (χ3n) is 2.63. The second-order valence-electron chi connectivity index (χ2n) is 5.00. The zero-order valence-electron chi connectivity index (χ0n) is 12.3. The minimum Gasteiger partial charge on any atom is -0.491 e. The van der Waals surface area contributed by atoms with Crippen molar-refractivity contribution in [3.63, 3.8) is 0 Å². The van der Waals surface area contributed by atoms with Crippen molar-refractivity contribution in [3.8, 4) is 5.75 Å². The normalized spacial score (nSPS) is 12.2. The Kier molecular flexibility index (Phi) is 4.93. The van der Waals surface area contributed by atoms with Crippen molar-refractivity contribution in [1.29, 1.82) is 0 Å². The summed E-state index contributed by atoms with van der Waals surface area (Å²) in [5.41, 5.74) is 6.82. The van der Waals surface area contributed by atoms with Crippen LogP contribution < -0.4 is 15.8 Å². The van der Waals surface area contributed by atoms with Crippen molar-refractivity contribution in [2.24, 2.45) is 5.73 Å². The molecule has 0 bridgehead atoms. The number of thiazole rings is 1. The van der Waals surface area contributed by atoms with Gasteiger partial charge in [0.1, 0.15) is 16.5 Å². The van der Waals surface area contributed by atoms with Crippen molar-refractivity contribution in [2.45, 2.75) is 32.9 Å². The number of ether oxygens (including phenoxy) is 1. The first-order valence-electron chi connectivity index (χ1n) is 6.75. The van der Waals surface area contributed by atoms with Gasteiger partial charge in [0, 0.05) is 11.1 Å². The third-order valence-corrected chi connectivity index (χ3v) is 3.67. The summed E-state index contributed by atoms with van der Waals surface area (Å²) < 4.78 is 5.55. The topological polar surface area (TPSA) is 77.2 Å². The predicted octanol–water partition coefficient (Wildman–Crippen LogP) is 3.20. The van der Waals surface area contributed by atoms with Gasteiger partial charge in [0.25, 0.3) is 5.91 Å². The number of hydrogen-bond donors (Lipinski definition) is 2. The van der Waals surface area contributed by atoms with Crippen LogP contribution in [0.2, 0.25) is 0 Å². The minimum absolute atomic E-state index is 0.122. The van der Waals surface area contributed by atoms with Crippen LogP contribution in [0.25, 0.3) is 0 Å². The first-order valence-corrected chi connectivity index (χ1v) is 7.62. The maximum absolute atomic E-state index is 12.1. The van der Waals surface area contributed by atoms with E-state index in [1.807, 2.05) is 32.9 Å². The van der Waals surface area contributed by atoms with E-state index < -0.39 is 0 Å². The Morgan fingerprint density at radius 2 is 1.95 bits per heavy atom. The van der Waals surface area contributed by atoms with Crippen LogP contribution in [0.3, 0.4) is 0 Å². The van der Waals surface area contributed by atoms with Crippen LogP contribution >= 0.6 is 11.3 Å². The summed E-state index contributed by atoms with van der Waals surface area (Å²) in [4.78, 5) is 16.3. The van der Waals surface area contributed by atoms with Gasteiger partial charge < -0.3 is 15.8 Å². The quantitative estimate of drug-likeness (QED) is 0.889. The molecule has 0 fully saturated rings. The average molecular weight is 305 g/mol. The van der Waals surface area contributed by atoms with Gasteiger partial charge in [-0.3, -0.25) is 4.79 Å². The van der Waals surface area contributed by atoms with Crippen molar-refractivity contribution in [2.75, 3.05) is 5.32 Å². The van der Waals surface area contributed by atoms with Gasteiger partial charge in [-0.2, -0.15) is 0 Å². The summed E-state index contributed by atoms with van der Waals surface area (Å²) in [5, 5.41) is 5.26. The van der Waals surface area contributed by atoms with Crippen LogP contribution in [0.15, 0.2) is 29.6 Å². The molecule has 3 N–H and O–H groups in total. The fourth-order valence-electron chi connectivity index (χ4n) is 1.69. The number of hydrogen-bond acceptors (Lipinski definition) is 5.